The number of carbonyl (C=O) groups is 3. The van der Waals surface area contributed by atoms with Crippen molar-refractivity contribution in [2.24, 2.45) is 11.8 Å². The van der Waals surface area contributed by atoms with E-state index in [1.165, 1.54) is 9.78 Å². The third-order valence-electron chi connectivity index (χ3n) is 7.73. The minimum absolute atomic E-state index is 0.188. The molecule has 1 saturated heterocycles. The van der Waals surface area contributed by atoms with E-state index < -0.39 is 17.9 Å². The molecule has 0 saturated carbocycles. The molecule has 1 aromatic carbocycles. The van der Waals surface area contributed by atoms with Gasteiger partial charge in [-0.1, -0.05) is 40.2 Å². The Morgan fingerprint density at radius 2 is 1.87 bits per heavy atom. The lowest BCUT2D eigenvalue weighted by molar-refractivity contribution is -0.153. The number of hydrogen-bond donors (Lipinski definition) is 2. The summed E-state index contributed by atoms with van der Waals surface area (Å²) in [5, 5.41) is 14.2. The van der Waals surface area contributed by atoms with Crippen molar-refractivity contribution in [3.8, 4) is 0 Å². The van der Waals surface area contributed by atoms with Gasteiger partial charge in [-0.3, -0.25) is 14.4 Å². The standard InChI is InChI=1S/C29H38N4O4S/c1-5-18(4)13-24(28(35)32-16-20(17-32)29(36)37)31-27(34)19-10-11-25-23(14-19)30-26(15-22-9-8-12-38-22)33(25)21(6-2)7-3/h8-12,14,18,20-21,24H,5-7,13,15-17H2,1-4H3,(H,31,34)(H,36,37)/t18?,24-/m0/s1. The van der Waals surface area contributed by atoms with Crippen LogP contribution in [0.3, 0.4) is 0 Å². The Morgan fingerprint density at radius 1 is 1.13 bits per heavy atom. The van der Waals surface area contributed by atoms with E-state index in [1.54, 1.807) is 11.3 Å². The Balaban J connectivity index is 1.58. The van der Waals surface area contributed by atoms with Crippen molar-refractivity contribution in [3.05, 3.63) is 52.0 Å². The summed E-state index contributed by atoms with van der Waals surface area (Å²) in [7, 11) is 0. The molecule has 1 unspecified atom stereocenters. The fraction of sp³-hybridized carbons (Fsp3) is 0.517. The first-order valence-corrected chi connectivity index (χ1v) is 14.5. The molecule has 204 valence electrons. The number of carboxylic acid groups (broad SMARTS) is 1. The maximum Gasteiger partial charge on any atom is 0.310 e. The highest BCUT2D eigenvalue weighted by atomic mass is 32.1. The van der Waals surface area contributed by atoms with E-state index in [-0.39, 0.29) is 30.8 Å². The molecule has 8 nitrogen and oxygen atoms in total. The first-order chi connectivity index (χ1) is 18.2. The Kier molecular flexibility index (Phi) is 8.87. The molecule has 2 aromatic heterocycles. The second-order valence-electron chi connectivity index (χ2n) is 10.4. The number of nitrogens with one attached hydrogen (secondary N) is 1. The second kappa shape index (κ2) is 12.1. The number of hydrogen-bond acceptors (Lipinski definition) is 5. The summed E-state index contributed by atoms with van der Waals surface area (Å²) in [4.78, 5) is 45.5. The van der Waals surface area contributed by atoms with E-state index in [9.17, 15) is 19.5 Å². The van der Waals surface area contributed by atoms with E-state index in [0.717, 1.165) is 42.5 Å². The summed E-state index contributed by atoms with van der Waals surface area (Å²) in [5.74, 6) is -0.733. The van der Waals surface area contributed by atoms with Crippen LogP contribution in [0.5, 0.6) is 0 Å². The molecule has 0 radical (unpaired) electrons. The number of likely N-dealkylation sites (tertiary alicyclic amines) is 1. The number of carbonyl (C=O) groups excluding carboxylic acids is 2. The Bertz CT molecular complexity index is 1280. The number of aliphatic carboxylic acids is 1. The summed E-state index contributed by atoms with van der Waals surface area (Å²) >= 11 is 1.71. The van der Waals surface area contributed by atoms with Gasteiger partial charge in [-0.25, -0.2) is 4.98 Å². The van der Waals surface area contributed by atoms with Crippen LogP contribution in [0.4, 0.5) is 0 Å². The molecule has 2 amide bonds. The molecule has 9 heteroatoms. The molecular weight excluding hydrogens is 500 g/mol. The molecule has 1 aliphatic heterocycles. The fourth-order valence-corrected chi connectivity index (χ4v) is 5.81. The summed E-state index contributed by atoms with van der Waals surface area (Å²) in [6.07, 6.45) is 4.10. The van der Waals surface area contributed by atoms with Crippen molar-refractivity contribution < 1.29 is 19.5 Å². The number of rotatable bonds is 12. The topological polar surface area (TPSA) is 105 Å². The smallest absolute Gasteiger partial charge is 0.310 e. The highest BCUT2D eigenvalue weighted by Gasteiger charge is 2.39. The van der Waals surface area contributed by atoms with Crippen LogP contribution in [0, 0.1) is 11.8 Å². The third kappa shape index (κ3) is 5.93. The van der Waals surface area contributed by atoms with Crippen molar-refractivity contribution in [2.75, 3.05) is 13.1 Å². The molecule has 3 heterocycles. The number of imidazole rings is 1. The number of aromatic nitrogens is 2. The van der Waals surface area contributed by atoms with Gasteiger partial charge < -0.3 is 19.9 Å². The first kappa shape index (κ1) is 27.8. The highest BCUT2D eigenvalue weighted by Crippen LogP contribution is 2.29. The highest BCUT2D eigenvalue weighted by molar-refractivity contribution is 7.09. The number of amides is 2. The van der Waals surface area contributed by atoms with Crippen molar-refractivity contribution in [1.29, 1.82) is 0 Å². The predicted molar refractivity (Wildman–Crippen MR) is 150 cm³/mol. The lowest BCUT2D eigenvalue weighted by Gasteiger charge is -2.39. The van der Waals surface area contributed by atoms with Crippen LogP contribution < -0.4 is 5.32 Å². The van der Waals surface area contributed by atoms with Crippen LogP contribution in [0.2, 0.25) is 0 Å². The summed E-state index contributed by atoms with van der Waals surface area (Å²) in [5.41, 5.74) is 2.24. The van der Waals surface area contributed by atoms with Gasteiger partial charge in [0.25, 0.3) is 5.91 Å². The van der Waals surface area contributed by atoms with Gasteiger partial charge in [0.05, 0.1) is 17.0 Å². The second-order valence-corrected chi connectivity index (χ2v) is 11.4. The number of thiophene rings is 1. The molecule has 0 aliphatic carbocycles. The molecule has 3 aromatic rings. The first-order valence-electron chi connectivity index (χ1n) is 13.6. The number of carboxylic acids is 1. The molecular formula is C29H38N4O4S. The van der Waals surface area contributed by atoms with Crippen molar-refractivity contribution >= 4 is 40.2 Å². The van der Waals surface area contributed by atoms with Crippen LogP contribution in [-0.4, -0.2) is 56.5 Å². The van der Waals surface area contributed by atoms with Gasteiger partial charge in [0, 0.05) is 36.0 Å². The Hall–Kier alpha value is -3.20. The van der Waals surface area contributed by atoms with Crippen molar-refractivity contribution in [2.45, 2.75) is 71.9 Å². The van der Waals surface area contributed by atoms with Gasteiger partial charge in [-0.2, -0.15) is 0 Å². The molecule has 1 aliphatic rings. The largest absolute Gasteiger partial charge is 0.481 e. The number of fused-ring (bicyclic) bond motifs is 1. The van der Waals surface area contributed by atoms with E-state index in [1.807, 2.05) is 31.2 Å². The van der Waals surface area contributed by atoms with E-state index >= 15 is 0 Å². The summed E-state index contributed by atoms with van der Waals surface area (Å²) in [6.45, 7) is 8.84. The van der Waals surface area contributed by atoms with E-state index in [0.29, 0.717) is 18.0 Å². The monoisotopic (exact) mass is 538 g/mol. The van der Waals surface area contributed by atoms with Crippen molar-refractivity contribution in [3.63, 3.8) is 0 Å². The van der Waals surface area contributed by atoms with Crippen LogP contribution in [-0.2, 0) is 16.0 Å². The van der Waals surface area contributed by atoms with Crippen LogP contribution in [0.15, 0.2) is 35.7 Å². The average Bonchev–Trinajstić information content (AvgIpc) is 3.50. The van der Waals surface area contributed by atoms with Crippen LogP contribution in [0.25, 0.3) is 11.0 Å². The molecule has 1 fully saturated rings. The molecule has 0 bridgehead atoms. The van der Waals surface area contributed by atoms with Crippen molar-refractivity contribution in [1.82, 2.24) is 19.8 Å². The van der Waals surface area contributed by atoms with Gasteiger partial charge in [0.2, 0.25) is 5.91 Å². The van der Waals surface area contributed by atoms with Crippen LogP contribution in [0.1, 0.15) is 80.5 Å². The SMILES string of the molecule is CCC(C)C[C@H](NC(=O)c1ccc2c(c1)nc(Cc1cccs1)n2C(CC)CC)C(=O)N1CC(C(=O)O)C1. The van der Waals surface area contributed by atoms with E-state index in [2.05, 4.69) is 42.1 Å². The normalized spacial score (nSPS) is 15.4. The zero-order valence-corrected chi connectivity index (χ0v) is 23.5. The number of nitrogens with zero attached hydrogens (tertiary/aromatic N) is 3. The zero-order chi connectivity index (χ0) is 27.4. The Morgan fingerprint density at radius 3 is 2.47 bits per heavy atom. The molecule has 4 rings (SSSR count). The average molecular weight is 539 g/mol. The summed E-state index contributed by atoms with van der Waals surface area (Å²) in [6, 6.07) is 9.37. The zero-order valence-electron chi connectivity index (χ0n) is 22.6. The molecule has 38 heavy (non-hydrogen) atoms. The van der Waals surface area contributed by atoms with Crippen LogP contribution >= 0.6 is 11.3 Å². The third-order valence-corrected chi connectivity index (χ3v) is 8.60. The van der Waals surface area contributed by atoms with Gasteiger partial charge in [-0.05, 0) is 54.8 Å². The van der Waals surface area contributed by atoms with Gasteiger partial charge >= 0.3 is 5.97 Å². The maximum absolute atomic E-state index is 13.4. The molecule has 2 atom stereocenters. The van der Waals surface area contributed by atoms with Gasteiger partial charge in [0.1, 0.15) is 11.9 Å². The lowest BCUT2D eigenvalue weighted by Crippen LogP contribution is -2.59. The summed E-state index contributed by atoms with van der Waals surface area (Å²) < 4.78 is 2.31. The van der Waals surface area contributed by atoms with Gasteiger partial charge in [-0.15, -0.1) is 11.3 Å². The van der Waals surface area contributed by atoms with E-state index in [4.69, 9.17) is 4.98 Å². The van der Waals surface area contributed by atoms with Gasteiger partial charge in [0.15, 0.2) is 0 Å². The molecule has 2 N–H and O–H groups in total. The lowest BCUT2D eigenvalue weighted by atomic mass is 9.94. The Labute approximate surface area is 228 Å². The quantitative estimate of drug-likeness (QED) is 0.333. The molecule has 0 spiro atoms. The fourth-order valence-electron chi connectivity index (χ4n) is 5.11. The minimum atomic E-state index is -0.892. The maximum atomic E-state index is 13.4. The number of benzene rings is 1. The minimum Gasteiger partial charge on any atom is -0.481 e. The predicted octanol–water partition coefficient (Wildman–Crippen LogP) is 5.13.